The molecule has 0 radical (unpaired) electrons. The highest BCUT2D eigenvalue weighted by Gasteiger charge is 2.30. The summed E-state index contributed by atoms with van der Waals surface area (Å²) in [6.07, 6.45) is 0.637. The lowest BCUT2D eigenvalue weighted by Gasteiger charge is -2.21. The van der Waals surface area contributed by atoms with Gasteiger partial charge >= 0.3 is 0 Å². The van der Waals surface area contributed by atoms with E-state index in [0.717, 1.165) is 11.3 Å². The molecule has 8 heteroatoms. The number of thiophene rings is 1. The summed E-state index contributed by atoms with van der Waals surface area (Å²) < 4.78 is 32.9. The van der Waals surface area contributed by atoms with Gasteiger partial charge in [-0.3, -0.25) is 0 Å². The van der Waals surface area contributed by atoms with Crippen LogP contribution in [-0.2, 0) is 21.3 Å². The number of nitrogens with zero attached hydrogens (tertiary/aromatic N) is 1. The number of rotatable bonds is 3. The van der Waals surface area contributed by atoms with Crippen LogP contribution in [0.3, 0.4) is 0 Å². The molecule has 0 bridgehead atoms. The second-order valence-electron chi connectivity index (χ2n) is 4.45. The third kappa shape index (κ3) is 3.37. The largest absolute Gasteiger partial charge is 0.377 e. The average molecular weight is 369 g/mol. The third-order valence-electron chi connectivity index (χ3n) is 2.94. The van der Waals surface area contributed by atoms with E-state index >= 15 is 0 Å². The van der Waals surface area contributed by atoms with Crippen molar-refractivity contribution in [2.24, 2.45) is 5.73 Å². The van der Waals surface area contributed by atoms with Crippen molar-refractivity contribution in [2.75, 3.05) is 19.7 Å². The Hall–Kier alpha value is 0.01000. The summed E-state index contributed by atoms with van der Waals surface area (Å²) in [5, 5.41) is 0. The lowest BCUT2D eigenvalue weighted by Crippen LogP contribution is -2.35. The summed E-state index contributed by atoms with van der Waals surface area (Å²) in [5.74, 6) is 0. The van der Waals surface area contributed by atoms with E-state index in [2.05, 4.69) is 15.9 Å². The lowest BCUT2D eigenvalue weighted by atomic mass is 10.4. The van der Waals surface area contributed by atoms with E-state index in [1.54, 1.807) is 6.07 Å². The second-order valence-corrected chi connectivity index (χ2v) is 8.81. The fourth-order valence-electron chi connectivity index (χ4n) is 1.99. The molecule has 1 aromatic rings. The van der Waals surface area contributed by atoms with Crippen LogP contribution in [0.5, 0.6) is 0 Å². The molecular formula is C11H17BrN2O3S2. The molecule has 0 saturated carbocycles. The Morgan fingerprint density at radius 1 is 1.63 bits per heavy atom. The maximum absolute atomic E-state index is 12.6. The van der Waals surface area contributed by atoms with Crippen LogP contribution in [0.2, 0.25) is 0 Å². The highest BCUT2D eigenvalue weighted by atomic mass is 79.9. The predicted octanol–water partition coefficient (Wildman–Crippen LogP) is 1.77. The normalized spacial score (nSPS) is 22.4. The van der Waals surface area contributed by atoms with E-state index in [0.29, 0.717) is 34.9 Å². The molecule has 0 aromatic carbocycles. The van der Waals surface area contributed by atoms with Crippen molar-refractivity contribution in [3.63, 3.8) is 0 Å². The topological polar surface area (TPSA) is 72.6 Å². The van der Waals surface area contributed by atoms with E-state index in [4.69, 9.17) is 10.5 Å². The number of ether oxygens (including phenoxy) is 1. The quantitative estimate of drug-likeness (QED) is 0.882. The monoisotopic (exact) mass is 368 g/mol. The Kier molecular flexibility index (Phi) is 5.02. The first kappa shape index (κ1) is 15.4. The van der Waals surface area contributed by atoms with Crippen LogP contribution >= 0.6 is 27.3 Å². The van der Waals surface area contributed by atoms with Gasteiger partial charge in [-0.05, 0) is 35.3 Å². The minimum Gasteiger partial charge on any atom is -0.377 e. The molecule has 19 heavy (non-hydrogen) atoms. The maximum Gasteiger partial charge on any atom is 0.245 e. The second kappa shape index (κ2) is 6.19. The molecule has 1 saturated heterocycles. The zero-order chi connectivity index (χ0) is 14.0. The number of hydrogen-bond acceptors (Lipinski definition) is 5. The van der Waals surface area contributed by atoms with Crippen LogP contribution < -0.4 is 5.73 Å². The van der Waals surface area contributed by atoms with Crippen molar-refractivity contribution in [3.8, 4) is 0 Å². The SMILES string of the molecule is CC1CN(S(=O)(=O)c2cc(CN)sc2Br)CCCO1. The highest BCUT2D eigenvalue weighted by Crippen LogP contribution is 2.33. The van der Waals surface area contributed by atoms with E-state index < -0.39 is 10.0 Å². The molecule has 5 nitrogen and oxygen atoms in total. The molecule has 1 aliphatic rings. The lowest BCUT2D eigenvalue weighted by molar-refractivity contribution is 0.0752. The van der Waals surface area contributed by atoms with Crippen molar-refractivity contribution < 1.29 is 13.2 Å². The van der Waals surface area contributed by atoms with Gasteiger partial charge in [-0.2, -0.15) is 4.31 Å². The van der Waals surface area contributed by atoms with Gasteiger partial charge in [0.05, 0.1) is 9.89 Å². The van der Waals surface area contributed by atoms with Gasteiger partial charge in [-0.25, -0.2) is 8.42 Å². The third-order valence-corrected chi connectivity index (χ3v) is 7.08. The summed E-state index contributed by atoms with van der Waals surface area (Å²) in [4.78, 5) is 1.16. The Labute approximate surface area is 125 Å². The summed E-state index contributed by atoms with van der Waals surface area (Å²) >= 11 is 4.69. The molecular weight excluding hydrogens is 352 g/mol. The smallest absolute Gasteiger partial charge is 0.245 e. The molecule has 0 aliphatic carbocycles. The number of nitrogens with two attached hydrogens (primary N) is 1. The average Bonchev–Trinajstić information content (AvgIpc) is 2.60. The Bertz CT molecular complexity index is 544. The van der Waals surface area contributed by atoms with E-state index in [1.807, 2.05) is 6.92 Å². The Balaban J connectivity index is 2.32. The van der Waals surface area contributed by atoms with Crippen molar-refractivity contribution in [1.82, 2.24) is 4.31 Å². The van der Waals surface area contributed by atoms with Gasteiger partial charge in [0.2, 0.25) is 10.0 Å². The summed E-state index contributed by atoms with van der Waals surface area (Å²) in [5.41, 5.74) is 5.56. The number of sulfonamides is 1. The highest BCUT2D eigenvalue weighted by molar-refractivity contribution is 9.11. The molecule has 1 aliphatic heterocycles. The summed E-state index contributed by atoms with van der Waals surface area (Å²) in [6.45, 7) is 3.72. The van der Waals surface area contributed by atoms with E-state index in [9.17, 15) is 8.42 Å². The number of halogens is 1. The molecule has 108 valence electrons. The Morgan fingerprint density at radius 2 is 2.37 bits per heavy atom. The molecule has 0 amide bonds. The summed E-state index contributed by atoms with van der Waals surface area (Å²) in [6, 6.07) is 1.65. The molecule has 1 aromatic heterocycles. The minimum atomic E-state index is -3.48. The fraction of sp³-hybridized carbons (Fsp3) is 0.636. The van der Waals surface area contributed by atoms with Gasteiger partial charge in [0.1, 0.15) is 4.90 Å². The van der Waals surface area contributed by atoms with Gasteiger partial charge in [-0.15, -0.1) is 11.3 Å². The first-order chi connectivity index (χ1) is 8.95. The molecule has 1 unspecified atom stereocenters. The maximum atomic E-state index is 12.6. The first-order valence-corrected chi connectivity index (χ1v) is 9.10. The van der Waals surface area contributed by atoms with Crippen LogP contribution in [0.15, 0.2) is 14.7 Å². The van der Waals surface area contributed by atoms with Crippen LogP contribution in [0, 0.1) is 0 Å². The van der Waals surface area contributed by atoms with Gasteiger partial charge in [0, 0.05) is 31.1 Å². The fourth-order valence-corrected chi connectivity index (χ4v) is 6.05. The van der Waals surface area contributed by atoms with Crippen LogP contribution in [0.25, 0.3) is 0 Å². The standard InChI is InChI=1S/C11H17BrN2O3S2/c1-8-7-14(3-2-4-17-8)19(15,16)10-5-9(6-13)18-11(10)12/h5,8H,2-4,6-7,13H2,1H3. The summed E-state index contributed by atoms with van der Waals surface area (Å²) in [7, 11) is -3.48. The van der Waals surface area contributed by atoms with E-state index in [1.165, 1.54) is 15.6 Å². The van der Waals surface area contributed by atoms with Crippen molar-refractivity contribution in [1.29, 1.82) is 0 Å². The van der Waals surface area contributed by atoms with Crippen molar-refractivity contribution in [3.05, 3.63) is 14.7 Å². The molecule has 2 heterocycles. The van der Waals surface area contributed by atoms with Crippen LogP contribution in [-0.4, -0.2) is 38.5 Å². The molecule has 2 rings (SSSR count). The first-order valence-electron chi connectivity index (χ1n) is 6.05. The predicted molar refractivity (Wildman–Crippen MR) is 78.7 cm³/mol. The van der Waals surface area contributed by atoms with E-state index in [-0.39, 0.29) is 6.10 Å². The van der Waals surface area contributed by atoms with Crippen LogP contribution in [0.4, 0.5) is 0 Å². The zero-order valence-electron chi connectivity index (χ0n) is 10.6. The Morgan fingerprint density at radius 3 is 3.00 bits per heavy atom. The minimum absolute atomic E-state index is 0.0799. The molecule has 1 atom stereocenters. The van der Waals surface area contributed by atoms with Crippen molar-refractivity contribution >= 4 is 37.3 Å². The zero-order valence-corrected chi connectivity index (χ0v) is 13.9. The van der Waals surface area contributed by atoms with Crippen molar-refractivity contribution in [2.45, 2.75) is 30.9 Å². The molecule has 2 N–H and O–H groups in total. The molecule has 1 fully saturated rings. The molecule has 0 spiro atoms. The van der Waals surface area contributed by atoms with Gasteiger partial charge < -0.3 is 10.5 Å². The van der Waals surface area contributed by atoms with Gasteiger partial charge in [0.15, 0.2) is 0 Å². The van der Waals surface area contributed by atoms with Gasteiger partial charge in [0.25, 0.3) is 0 Å². The van der Waals surface area contributed by atoms with Gasteiger partial charge in [-0.1, -0.05) is 0 Å². The van der Waals surface area contributed by atoms with Crippen LogP contribution in [0.1, 0.15) is 18.2 Å². The number of hydrogen-bond donors (Lipinski definition) is 1.